The number of hydrogen-bond donors (Lipinski definition) is 2. The van der Waals surface area contributed by atoms with Crippen molar-refractivity contribution < 1.29 is 18.3 Å². The van der Waals surface area contributed by atoms with Gasteiger partial charge in [0.15, 0.2) is 0 Å². The summed E-state index contributed by atoms with van der Waals surface area (Å²) in [6.45, 7) is 5.46. The molecule has 0 aliphatic rings. The number of thiophene rings is 1. The fourth-order valence-electron chi connectivity index (χ4n) is 2.75. The minimum atomic E-state index is -3.84. The highest BCUT2D eigenvalue weighted by molar-refractivity contribution is 7.89. The van der Waals surface area contributed by atoms with E-state index in [0.29, 0.717) is 17.2 Å². The van der Waals surface area contributed by atoms with Gasteiger partial charge in [0.2, 0.25) is 10.0 Å². The Morgan fingerprint density at radius 1 is 1.19 bits per heavy atom. The van der Waals surface area contributed by atoms with Crippen molar-refractivity contribution in [3.63, 3.8) is 0 Å². The smallest absolute Gasteiger partial charge is 0.244 e. The Hall–Kier alpha value is -1.93. The molecule has 0 aliphatic carbocycles. The van der Waals surface area contributed by atoms with Crippen molar-refractivity contribution in [1.82, 2.24) is 4.72 Å². The fraction of sp³-hybridized carbons (Fsp3) is 0.300. The number of rotatable bonds is 7. The van der Waals surface area contributed by atoms with Gasteiger partial charge >= 0.3 is 0 Å². The lowest BCUT2D eigenvalue weighted by atomic mass is 10.1. The lowest BCUT2D eigenvalue weighted by molar-refractivity contribution is 0.0666. The molecule has 0 spiro atoms. The molecule has 144 valence electrons. The molecule has 0 saturated heterocycles. The monoisotopic (exact) mass is 405 g/mol. The molecule has 2 aromatic carbocycles. The summed E-state index contributed by atoms with van der Waals surface area (Å²) in [4.78, 5) is 0.789. The van der Waals surface area contributed by atoms with Gasteiger partial charge in [-0.1, -0.05) is 24.3 Å². The summed E-state index contributed by atoms with van der Waals surface area (Å²) in [5, 5.41) is 11.9. The minimum absolute atomic E-state index is 0.0801. The number of sulfonamides is 1. The molecular formula is C20H23NO4S2. The number of aryl methyl sites for hydroxylation is 1. The third-order valence-electron chi connectivity index (χ3n) is 4.25. The van der Waals surface area contributed by atoms with Gasteiger partial charge in [0, 0.05) is 16.1 Å². The molecule has 1 atom stereocenters. The zero-order chi connectivity index (χ0) is 19.7. The van der Waals surface area contributed by atoms with Gasteiger partial charge in [0.1, 0.15) is 16.2 Å². The van der Waals surface area contributed by atoms with Crippen molar-refractivity contribution in [1.29, 1.82) is 0 Å². The molecule has 1 aromatic heterocycles. The average Bonchev–Trinajstić information content (AvgIpc) is 3.07. The van der Waals surface area contributed by atoms with Crippen LogP contribution in [0.2, 0.25) is 0 Å². The topological polar surface area (TPSA) is 75.6 Å². The Balaban J connectivity index is 1.85. The number of aliphatic hydroxyl groups is 1. The lowest BCUT2D eigenvalue weighted by Crippen LogP contribution is -2.38. The number of ether oxygens (including phenoxy) is 1. The Labute approximate surface area is 163 Å². The minimum Gasteiger partial charge on any atom is -0.492 e. The quantitative estimate of drug-likeness (QED) is 0.627. The van der Waals surface area contributed by atoms with E-state index in [4.69, 9.17) is 4.74 Å². The van der Waals surface area contributed by atoms with Crippen LogP contribution in [0.25, 0.3) is 10.1 Å². The number of nitrogens with one attached hydrogen (secondary N) is 1. The van der Waals surface area contributed by atoms with E-state index in [1.54, 1.807) is 32.0 Å². The summed E-state index contributed by atoms with van der Waals surface area (Å²) < 4.78 is 34.7. The summed E-state index contributed by atoms with van der Waals surface area (Å²) in [5.74, 6) is 0.303. The van der Waals surface area contributed by atoms with Crippen LogP contribution in [0.3, 0.4) is 0 Å². The van der Waals surface area contributed by atoms with Crippen LogP contribution < -0.4 is 9.46 Å². The molecule has 0 fully saturated rings. The highest BCUT2D eigenvalue weighted by Crippen LogP contribution is 2.33. The van der Waals surface area contributed by atoms with Gasteiger partial charge in [0.25, 0.3) is 0 Å². The SMILES string of the molecule is CCOc1ccc(C)cc1S(=O)(=O)NCC(C)(O)c1cc2ccccc2s1. The van der Waals surface area contributed by atoms with E-state index < -0.39 is 15.6 Å². The van der Waals surface area contributed by atoms with Crippen LogP contribution in [-0.4, -0.2) is 26.7 Å². The molecule has 27 heavy (non-hydrogen) atoms. The molecule has 5 nitrogen and oxygen atoms in total. The van der Waals surface area contributed by atoms with E-state index in [9.17, 15) is 13.5 Å². The Kier molecular flexibility index (Phi) is 5.58. The molecule has 0 radical (unpaired) electrons. The van der Waals surface area contributed by atoms with Crippen molar-refractivity contribution >= 4 is 31.4 Å². The predicted octanol–water partition coefficient (Wildman–Crippen LogP) is 3.79. The predicted molar refractivity (Wildman–Crippen MR) is 109 cm³/mol. The van der Waals surface area contributed by atoms with Crippen LogP contribution >= 0.6 is 11.3 Å². The zero-order valence-corrected chi connectivity index (χ0v) is 17.2. The van der Waals surface area contributed by atoms with Gasteiger partial charge in [-0.15, -0.1) is 11.3 Å². The van der Waals surface area contributed by atoms with Crippen molar-refractivity contribution in [3.8, 4) is 5.75 Å². The normalized spacial score (nSPS) is 14.2. The standard InChI is InChI=1S/C20H23NO4S2/c1-4-25-16-10-9-14(2)11-18(16)27(23,24)21-13-20(3,22)19-12-15-7-5-6-8-17(15)26-19/h5-12,21-22H,4,13H2,1-3H3. The molecule has 1 unspecified atom stereocenters. The Morgan fingerprint density at radius 3 is 2.63 bits per heavy atom. The molecule has 3 aromatic rings. The van der Waals surface area contributed by atoms with E-state index in [1.165, 1.54) is 11.3 Å². The van der Waals surface area contributed by atoms with Gasteiger partial charge in [0.05, 0.1) is 6.61 Å². The second-order valence-electron chi connectivity index (χ2n) is 6.63. The number of hydrogen-bond acceptors (Lipinski definition) is 5. The Bertz CT molecular complexity index is 1020. The Morgan fingerprint density at radius 2 is 1.93 bits per heavy atom. The van der Waals surface area contributed by atoms with Crippen LogP contribution in [0.1, 0.15) is 24.3 Å². The summed E-state index contributed by atoms with van der Waals surface area (Å²) in [5.41, 5.74) is -0.512. The highest BCUT2D eigenvalue weighted by Gasteiger charge is 2.29. The largest absolute Gasteiger partial charge is 0.492 e. The summed E-state index contributed by atoms with van der Waals surface area (Å²) >= 11 is 1.45. The third-order valence-corrected chi connectivity index (χ3v) is 7.04. The van der Waals surface area contributed by atoms with E-state index in [0.717, 1.165) is 15.6 Å². The molecule has 3 rings (SSSR count). The lowest BCUT2D eigenvalue weighted by Gasteiger charge is -2.22. The third kappa shape index (κ3) is 4.32. The van der Waals surface area contributed by atoms with Crippen LogP contribution in [0.15, 0.2) is 53.4 Å². The van der Waals surface area contributed by atoms with Crippen LogP contribution in [0, 0.1) is 6.92 Å². The van der Waals surface area contributed by atoms with Crippen LogP contribution in [-0.2, 0) is 15.6 Å². The maximum absolute atomic E-state index is 12.8. The van der Waals surface area contributed by atoms with Crippen molar-refractivity contribution in [2.45, 2.75) is 31.3 Å². The molecule has 0 bridgehead atoms. The van der Waals surface area contributed by atoms with Gasteiger partial charge < -0.3 is 9.84 Å². The van der Waals surface area contributed by atoms with Gasteiger partial charge in [-0.3, -0.25) is 0 Å². The molecular weight excluding hydrogens is 382 g/mol. The van der Waals surface area contributed by atoms with Gasteiger partial charge in [-0.2, -0.15) is 0 Å². The maximum Gasteiger partial charge on any atom is 0.244 e. The first-order valence-electron chi connectivity index (χ1n) is 8.67. The average molecular weight is 406 g/mol. The summed E-state index contributed by atoms with van der Waals surface area (Å²) in [6, 6.07) is 14.7. The zero-order valence-electron chi connectivity index (χ0n) is 15.5. The first-order chi connectivity index (χ1) is 12.7. The maximum atomic E-state index is 12.8. The van der Waals surface area contributed by atoms with Gasteiger partial charge in [-0.25, -0.2) is 13.1 Å². The molecule has 0 saturated carbocycles. The summed E-state index contributed by atoms with van der Waals surface area (Å²) in [7, 11) is -3.84. The first kappa shape index (κ1) is 19.8. The molecule has 7 heteroatoms. The van der Waals surface area contributed by atoms with E-state index in [1.807, 2.05) is 37.3 Å². The van der Waals surface area contributed by atoms with Crippen LogP contribution in [0.5, 0.6) is 5.75 Å². The first-order valence-corrected chi connectivity index (χ1v) is 11.0. The molecule has 1 heterocycles. The van der Waals surface area contributed by atoms with E-state index >= 15 is 0 Å². The molecule has 0 amide bonds. The summed E-state index contributed by atoms with van der Waals surface area (Å²) in [6.07, 6.45) is 0. The molecule has 0 aliphatic heterocycles. The van der Waals surface area contributed by atoms with Gasteiger partial charge in [-0.05, 0) is 56.0 Å². The number of fused-ring (bicyclic) bond motifs is 1. The van der Waals surface area contributed by atoms with E-state index in [2.05, 4.69) is 4.72 Å². The van der Waals surface area contributed by atoms with Crippen molar-refractivity contribution in [3.05, 3.63) is 59.0 Å². The number of benzene rings is 2. The van der Waals surface area contributed by atoms with Crippen LogP contribution in [0.4, 0.5) is 0 Å². The van der Waals surface area contributed by atoms with Crippen molar-refractivity contribution in [2.75, 3.05) is 13.2 Å². The molecule has 2 N–H and O–H groups in total. The van der Waals surface area contributed by atoms with E-state index in [-0.39, 0.29) is 11.4 Å². The second-order valence-corrected chi connectivity index (χ2v) is 9.45. The fourth-order valence-corrected chi connectivity index (χ4v) is 5.21. The highest BCUT2D eigenvalue weighted by atomic mass is 32.2. The van der Waals surface area contributed by atoms with Crippen molar-refractivity contribution in [2.24, 2.45) is 0 Å². The second kappa shape index (κ2) is 7.59.